The lowest BCUT2D eigenvalue weighted by Crippen LogP contribution is -2.66. The molecule has 0 unspecified atom stereocenters. The van der Waals surface area contributed by atoms with E-state index in [0.29, 0.717) is 23.1 Å². The molecule has 10 atom stereocenters. The van der Waals surface area contributed by atoms with Gasteiger partial charge in [0.2, 0.25) is 0 Å². The number of ether oxygens (including phenoxy) is 1. The highest BCUT2D eigenvalue weighted by molar-refractivity contribution is 5.98. The first kappa shape index (κ1) is 27.6. The normalized spacial score (nSPS) is 45.4. The summed E-state index contributed by atoms with van der Waals surface area (Å²) in [4.78, 5) is 39.3. The molecular weight excluding hydrogens is 492 g/mol. The maximum Gasteiger partial charge on any atom is 0.333 e. The van der Waals surface area contributed by atoms with Crippen LogP contribution in [0.2, 0.25) is 0 Å². The number of carbonyl (C=O) groups excluding carboxylic acids is 3. The first-order chi connectivity index (χ1) is 17.6. The van der Waals surface area contributed by atoms with Crippen molar-refractivity contribution in [2.24, 2.45) is 28.6 Å². The van der Waals surface area contributed by atoms with E-state index >= 15 is 0 Å². The highest BCUT2D eigenvalue weighted by atomic mass is 16.5. The van der Waals surface area contributed by atoms with Crippen LogP contribution in [-0.2, 0) is 19.1 Å². The predicted octanol–water partition coefficient (Wildman–Crippen LogP) is 1.14. The maximum atomic E-state index is 14.0. The van der Waals surface area contributed by atoms with Gasteiger partial charge >= 0.3 is 5.97 Å². The molecular formula is C29H40O9. The molecule has 0 aromatic rings. The fourth-order valence-electron chi connectivity index (χ4n) is 8.65. The standard InChI is InChI=1S/C29H40O9/c1-14-15(6-8-38-25(14)35)9-24(34)28(4,36)22-5-7-29(37)17-10-19(30)18-11-20(31)21(32)13-26(18,2)16(17)12-23(33)27(22,29)3/h10,16,18,20-22,24,31-32,34,36-37H,5-9,11-13H2,1-4H3/t16-,18-,20+,21-,22-,24+,26+,27-,28+,29+/m0/s1. The van der Waals surface area contributed by atoms with Crippen LogP contribution in [0.5, 0.6) is 0 Å². The number of hydrogen-bond acceptors (Lipinski definition) is 9. The fourth-order valence-corrected chi connectivity index (χ4v) is 8.65. The third-order valence-corrected chi connectivity index (χ3v) is 11.3. The third kappa shape index (κ3) is 3.58. The number of fused-ring (bicyclic) bond motifs is 5. The zero-order chi connectivity index (χ0) is 28.0. The van der Waals surface area contributed by atoms with Crippen molar-refractivity contribution >= 4 is 17.5 Å². The topological polar surface area (TPSA) is 162 Å². The van der Waals surface area contributed by atoms with Gasteiger partial charge in [-0.15, -0.1) is 0 Å². The van der Waals surface area contributed by atoms with Crippen molar-refractivity contribution in [1.82, 2.24) is 0 Å². The Morgan fingerprint density at radius 2 is 1.84 bits per heavy atom. The summed E-state index contributed by atoms with van der Waals surface area (Å²) >= 11 is 0. The predicted molar refractivity (Wildman–Crippen MR) is 134 cm³/mol. The zero-order valence-electron chi connectivity index (χ0n) is 22.6. The van der Waals surface area contributed by atoms with Crippen molar-refractivity contribution in [3.8, 4) is 0 Å². The van der Waals surface area contributed by atoms with Gasteiger partial charge in [-0.25, -0.2) is 4.79 Å². The fraction of sp³-hybridized carbons (Fsp3) is 0.759. The lowest BCUT2D eigenvalue weighted by Gasteiger charge is -2.59. The molecule has 9 nitrogen and oxygen atoms in total. The molecule has 210 valence electrons. The maximum absolute atomic E-state index is 14.0. The van der Waals surface area contributed by atoms with E-state index in [4.69, 9.17) is 4.74 Å². The second-order valence-electron chi connectivity index (χ2n) is 13.0. The molecule has 4 aliphatic carbocycles. The number of ketones is 2. The molecule has 5 N–H and O–H groups in total. The van der Waals surface area contributed by atoms with E-state index in [2.05, 4.69) is 0 Å². The van der Waals surface area contributed by atoms with Gasteiger partial charge in [0.05, 0.1) is 41.5 Å². The van der Waals surface area contributed by atoms with Gasteiger partial charge in [-0.3, -0.25) is 9.59 Å². The van der Waals surface area contributed by atoms with E-state index in [9.17, 15) is 39.9 Å². The summed E-state index contributed by atoms with van der Waals surface area (Å²) < 4.78 is 5.04. The minimum atomic E-state index is -1.77. The van der Waals surface area contributed by atoms with Crippen LogP contribution in [0.25, 0.3) is 0 Å². The molecule has 3 saturated carbocycles. The number of aliphatic hydroxyl groups excluding tert-OH is 3. The molecule has 0 aromatic carbocycles. The van der Waals surface area contributed by atoms with Crippen LogP contribution in [0.3, 0.4) is 0 Å². The summed E-state index contributed by atoms with van der Waals surface area (Å²) in [6.07, 6.45) is -0.735. The Hall–Kier alpha value is -1.91. The van der Waals surface area contributed by atoms with E-state index in [1.807, 2.05) is 6.92 Å². The summed E-state index contributed by atoms with van der Waals surface area (Å²) in [7, 11) is 0. The number of hydrogen-bond donors (Lipinski definition) is 5. The van der Waals surface area contributed by atoms with Crippen LogP contribution in [0.4, 0.5) is 0 Å². The molecule has 0 aromatic heterocycles. The Morgan fingerprint density at radius 1 is 1.16 bits per heavy atom. The number of cyclic esters (lactones) is 1. The summed E-state index contributed by atoms with van der Waals surface area (Å²) in [6.45, 7) is 6.80. The summed E-state index contributed by atoms with van der Waals surface area (Å²) in [6, 6.07) is 0. The molecule has 5 rings (SSSR count). The lowest BCUT2D eigenvalue weighted by atomic mass is 9.45. The van der Waals surface area contributed by atoms with E-state index < -0.39 is 64.1 Å². The van der Waals surface area contributed by atoms with Crippen molar-refractivity contribution in [3.05, 3.63) is 22.8 Å². The average molecular weight is 533 g/mol. The van der Waals surface area contributed by atoms with Crippen molar-refractivity contribution in [2.75, 3.05) is 6.61 Å². The van der Waals surface area contributed by atoms with Gasteiger partial charge < -0.3 is 30.3 Å². The van der Waals surface area contributed by atoms with Crippen LogP contribution in [-0.4, -0.2) is 79.2 Å². The third-order valence-electron chi connectivity index (χ3n) is 11.3. The van der Waals surface area contributed by atoms with Gasteiger partial charge in [0, 0.05) is 30.3 Å². The molecule has 1 heterocycles. The Kier molecular flexibility index (Phi) is 6.40. The van der Waals surface area contributed by atoms with Crippen LogP contribution >= 0.6 is 0 Å². The monoisotopic (exact) mass is 532 g/mol. The number of esters is 1. The lowest BCUT2D eigenvalue weighted by molar-refractivity contribution is -0.182. The zero-order valence-corrected chi connectivity index (χ0v) is 22.6. The van der Waals surface area contributed by atoms with Crippen molar-refractivity contribution < 1.29 is 44.7 Å². The molecule has 1 aliphatic heterocycles. The van der Waals surface area contributed by atoms with Gasteiger partial charge in [-0.1, -0.05) is 12.5 Å². The van der Waals surface area contributed by atoms with Crippen LogP contribution in [0.15, 0.2) is 22.8 Å². The molecule has 3 fully saturated rings. The number of rotatable bonds is 4. The summed E-state index contributed by atoms with van der Waals surface area (Å²) in [5.74, 6) is -2.76. The molecule has 0 spiro atoms. The van der Waals surface area contributed by atoms with Crippen molar-refractivity contribution in [2.45, 2.75) is 102 Å². The number of Topliss-reactive ketones (excluding diaryl/α,β-unsaturated/α-hetero) is 1. The highest BCUT2D eigenvalue weighted by Gasteiger charge is 2.72. The Bertz CT molecular complexity index is 1140. The average Bonchev–Trinajstić information content (AvgIpc) is 3.13. The second-order valence-corrected chi connectivity index (χ2v) is 13.0. The first-order valence-electron chi connectivity index (χ1n) is 13.7. The van der Waals surface area contributed by atoms with Crippen molar-refractivity contribution in [3.63, 3.8) is 0 Å². The quantitative estimate of drug-likeness (QED) is 0.334. The molecule has 0 bridgehead atoms. The van der Waals surface area contributed by atoms with Gasteiger partial charge in [0.15, 0.2) is 5.78 Å². The van der Waals surface area contributed by atoms with E-state index in [-0.39, 0.29) is 56.7 Å². The first-order valence-corrected chi connectivity index (χ1v) is 13.7. The molecule has 0 radical (unpaired) electrons. The SMILES string of the molecule is CC1=C(C[C@@H](O)[C@](C)(O)[C@H]2CC[C@@]3(O)C4=CC(=O)[C@@H]5C[C@@H](O)[C@@H](O)C[C@]5(C)[C@H]4CC(=O)[C@]23C)CCOC1=O. The largest absolute Gasteiger partial charge is 0.462 e. The smallest absolute Gasteiger partial charge is 0.333 e. The minimum absolute atomic E-state index is 0.0342. The second kappa shape index (κ2) is 8.80. The highest BCUT2D eigenvalue weighted by Crippen LogP contribution is 2.67. The molecule has 5 aliphatic rings. The summed E-state index contributed by atoms with van der Waals surface area (Å²) in [5, 5.41) is 56.0. The Labute approximate surface area is 222 Å². The number of carbonyl (C=O) groups is 3. The molecule has 0 amide bonds. The van der Waals surface area contributed by atoms with Gasteiger partial charge in [0.1, 0.15) is 5.78 Å². The van der Waals surface area contributed by atoms with E-state index in [1.54, 1.807) is 13.8 Å². The number of allylic oxidation sites excluding steroid dienone is 1. The Morgan fingerprint density at radius 3 is 2.53 bits per heavy atom. The van der Waals surface area contributed by atoms with E-state index in [1.165, 1.54) is 13.0 Å². The van der Waals surface area contributed by atoms with E-state index in [0.717, 1.165) is 0 Å². The van der Waals surface area contributed by atoms with Gasteiger partial charge in [-0.2, -0.15) is 0 Å². The molecule has 9 heteroatoms. The Balaban J connectivity index is 1.50. The summed E-state index contributed by atoms with van der Waals surface area (Å²) in [5.41, 5.74) is -4.15. The van der Waals surface area contributed by atoms with Gasteiger partial charge in [-0.05, 0) is 75.9 Å². The number of aliphatic hydroxyl groups is 5. The molecule has 38 heavy (non-hydrogen) atoms. The van der Waals surface area contributed by atoms with Gasteiger partial charge in [0.25, 0.3) is 0 Å². The minimum Gasteiger partial charge on any atom is -0.462 e. The molecule has 0 saturated heterocycles. The van der Waals surface area contributed by atoms with Crippen LogP contribution < -0.4 is 0 Å². The van der Waals surface area contributed by atoms with Crippen LogP contribution in [0, 0.1) is 28.6 Å². The van der Waals surface area contributed by atoms with Crippen LogP contribution in [0.1, 0.15) is 72.6 Å². The van der Waals surface area contributed by atoms with Crippen molar-refractivity contribution in [1.29, 1.82) is 0 Å².